The zero-order valence-electron chi connectivity index (χ0n) is 15.0. The first-order chi connectivity index (χ1) is 12.3. The van der Waals surface area contributed by atoms with E-state index in [9.17, 15) is 13.2 Å². The van der Waals surface area contributed by atoms with Gasteiger partial charge < -0.3 is 14.2 Å². The molecule has 0 radical (unpaired) electrons. The van der Waals surface area contributed by atoms with Crippen molar-refractivity contribution in [1.29, 1.82) is 0 Å². The average Bonchev–Trinajstić information content (AvgIpc) is 2.60. The maximum absolute atomic E-state index is 12.4. The molecule has 0 heterocycles. The van der Waals surface area contributed by atoms with Gasteiger partial charge >= 0.3 is 5.97 Å². The lowest BCUT2D eigenvalue weighted by atomic mass is 10.2. The summed E-state index contributed by atoms with van der Waals surface area (Å²) in [5.41, 5.74) is 0.196. The number of sulfonamides is 1. The SMILES string of the molecule is COc1cccc(OC)c1OC(=O)c1ccc(S(=O)(=O)NC(C)C)cc1. The summed E-state index contributed by atoms with van der Waals surface area (Å²) >= 11 is 0. The van der Waals surface area contributed by atoms with Gasteiger partial charge in [0.1, 0.15) is 0 Å². The number of rotatable bonds is 7. The number of hydrogen-bond donors (Lipinski definition) is 1. The fourth-order valence-corrected chi connectivity index (χ4v) is 3.47. The number of benzene rings is 2. The number of nitrogens with one attached hydrogen (secondary N) is 1. The molecular weight excluding hydrogens is 358 g/mol. The summed E-state index contributed by atoms with van der Waals surface area (Å²) in [5, 5.41) is 0. The highest BCUT2D eigenvalue weighted by Crippen LogP contribution is 2.37. The van der Waals surface area contributed by atoms with Crippen LogP contribution in [0, 0.1) is 0 Å². The van der Waals surface area contributed by atoms with Gasteiger partial charge in [-0.15, -0.1) is 0 Å². The minimum atomic E-state index is -3.62. The minimum Gasteiger partial charge on any atom is -0.493 e. The van der Waals surface area contributed by atoms with Crippen molar-refractivity contribution >= 4 is 16.0 Å². The fourth-order valence-electron chi connectivity index (χ4n) is 2.22. The average molecular weight is 379 g/mol. The molecular formula is C18H21NO6S. The summed E-state index contributed by atoms with van der Waals surface area (Å²) < 4.78 is 42.5. The van der Waals surface area contributed by atoms with E-state index in [1.807, 2.05) is 0 Å². The summed E-state index contributed by atoms with van der Waals surface area (Å²) in [6, 6.07) is 10.2. The lowest BCUT2D eigenvalue weighted by molar-refractivity contribution is 0.0724. The minimum absolute atomic E-state index is 0.0672. The molecule has 0 bridgehead atoms. The molecule has 0 amide bonds. The highest BCUT2D eigenvalue weighted by molar-refractivity contribution is 7.89. The van der Waals surface area contributed by atoms with Crippen LogP contribution < -0.4 is 18.9 Å². The smallest absolute Gasteiger partial charge is 0.343 e. The fraction of sp³-hybridized carbons (Fsp3) is 0.278. The monoisotopic (exact) mass is 379 g/mol. The second kappa shape index (κ2) is 8.20. The van der Waals surface area contributed by atoms with Crippen LogP contribution in [0.5, 0.6) is 17.2 Å². The summed E-state index contributed by atoms with van der Waals surface area (Å²) in [7, 11) is -0.721. The van der Waals surface area contributed by atoms with Crippen molar-refractivity contribution in [2.75, 3.05) is 14.2 Å². The van der Waals surface area contributed by atoms with Crippen LogP contribution in [-0.4, -0.2) is 34.6 Å². The van der Waals surface area contributed by atoms with E-state index in [-0.39, 0.29) is 22.3 Å². The quantitative estimate of drug-likeness (QED) is 0.587. The second-order valence-electron chi connectivity index (χ2n) is 5.68. The van der Waals surface area contributed by atoms with E-state index in [0.29, 0.717) is 11.5 Å². The third kappa shape index (κ3) is 4.53. The highest BCUT2D eigenvalue weighted by Gasteiger charge is 2.19. The molecule has 0 aliphatic carbocycles. The molecule has 1 N–H and O–H groups in total. The summed E-state index contributed by atoms with van der Waals surface area (Å²) in [4.78, 5) is 12.5. The van der Waals surface area contributed by atoms with Gasteiger partial charge in [0.25, 0.3) is 0 Å². The molecule has 8 heteroatoms. The molecule has 0 saturated heterocycles. The maximum atomic E-state index is 12.4. The zero-order valence-corrected chi connectivity index (χ0v) is 15.8. The summed E-state index contributed by atoms with van der Waals surface area (Å²) in [6.07, 6.45) is 0. The zero-order chi connectivity index (χ0) is 19.3. The summed E-state index contributed by atoms with van der Waals surface area (Å²) in [6.45, 7) is 3.45. The number of carbonyl (C=O) groups excluding carboxylic acids is 1. The van der Waals surface area contributed by atoms with Gasteiger partial charge in [-0.3, -0.25) is 0 Å². The molecule has 0 spiro atoms. The van der Waals surface area contributed by atoms with Gasteiger partial charge in [-0.05, 0) is 50.2 Å². The van der Waals surface area contributed by atoms with Crippen molar-refractivity contribution in [3.05, 3.63) is 48.0 Å². The van der Waals surface area contributed by atoms with E-state index in [0.717, 1.165) is 0 Å². The Morgan fingerprint density at radius 2 is 1.50 bits per heavy atom. The van der Waals surface area contributed by atoms with Crippen LogP contribution in [0.25, 0.3) is 0 Å². The number of para-hydroxylation sites is 1. The van der Waals surface area contributed by atoms with Gasteiger partial charge in [0.15, 0.2) is 11.5 Å². The van der Waals surface area contributed by atoms with E-state index >= 15 is 0 Å². The summed E-state index contributed by atoms with van der Waals surface area (Å²) in [5.74, 6) is 0.185. The van der Waals surface area contributed by atoms with Crippen molar-refractivity contribution in [2.45, 2.75) is 24.8 Å². The lowest BCUT2D eigenvalue weighted by Gasteiger charge is -2.13. The number of methoxy groups -OCH3 is 2. The largest absolute Gasteiger partial charge is 0.493 e. The van der Waals surface area contributed by atoms with E-state index in [4.69, 9.17) is 14.2 Å². The van der Waals surface area contributed by atoms with E-state index in [2.05, 4.69) is 4.72 Å². The maximum Gasteiger partial charge on any atom is 0.343 e. The lowest BCUT2D eigenvalue weighted by Crippen LogP contribution is -2.30. The van der Waals surface area contributed by atoms with Crippen molar-refractivity contribution in [3.8, 4) is 17.2 Å². The van der Waals surface area contributed by atoms with Gasteiger partial charge in [0.2, 0.25) is 15.8 Å². The molecule has 140 valence electrons. The van der Waals surface area contributed by atoms with E-state index < -0.39 is 16.0 Å². The molecule has 0 aromatic heterocycles. The molecule has 0 saturated carbocycles. The normalized spacial score (nSPS) is 11.3. The Hall–Kier alpha value is -2.58. The molecule has 2 aromatic rings. The van der Waals surface area contributed by atoms with Crippen LogP contribution in [-0.2, 0) is 10.0 Å². The van der Waals surface area contributed by atoms with Crippen molar-refractivity contribution in [2.24, 2.45) is 0 Å². The molecule has 2 aromatic carbocycles. The number of esters is 1. The number of carbonyl (C=O) groups is 1. The third-order valence-corrected chi connectivity index (χ3v) is 5.04. The van der Waals surface area contributed by atoms with Gasteiger partial charge in [0.05, 0.1) is 24.7 Å². The van der Waals surface area contributed by atoms with Crippen LogP contribution in [0.15, 0.2) is 47.4 Å². The van der Waals surface area contributed by atoms with Crippen LogP contribution in [0.4, 0.5) is 0 Å². The topological polar surface area (TPSA) is 90.9 Å². The van der Waals surface area contributed by atoms with Crippen molar-refractivity contribution in [3.63, 3.8) is 0 Å². The van der Waals surface area contributed by atoms with Crippen LogP contribution in [0.1, 0.15) is 24.2 Å². The predicted octanol–water partition coefficient (Wildman–Crippen LogP) is 2.61. The Morgan fingerprint density at radius 3 is 1.96 bits per heavy atom. The van der Waals surface area contributed by atoms with E-state index in [1.54, 1.807) is 32.0 Å². The Labute approximate surface area is 152 Å². The van der Waals surface area contributed by atoms with Crippen molar-refractivity contribution in [1.82, 2.24) is 4.72 Å². The van der Waals surface area contributed by atoms with Crippen LogP contribution >= 0.6 is 0 Å². The first-order valence-electron chi connectivity index (χ1n) is 7.84. The van der Waals surface area contributed by atoms with Crippen molar-refractivity contribution < 1.29 is 27.4 Å². The molecule has 26 heavy (non-hydrogen) atoms. The standard InChI is InChI=1S/C18H21NO6S/c1-12(2)19-26(21,22)14-10-8-13(9-11-14)18(20)25-17-15(23-3)6-5-7-16(17)24-4/h5-12,19H,1-4H3. The van der Waals surface area contributed by atoms with Gasteiger partial charge in [-0.2, -0.15) is 0 Å². The Kier molecular flexibility index (Phi) is 6.23. The molecule has 0 aliphatic rings. The molecule has 2 rings (SSSR count). The van der Waals surface area contributed by atoms with E-state index in [1.165, 1.54) is 38.5 Å². The molecule has 7 nitrogen and oxygen atoms in total. The van der Waals surface area contributed by atoms with Gasteiger partial charge in [0, 0.05) is 6.04 Å². The first kappa shape index (κ1) is 19.7. The Bertz CT molecular complexity index is 853. The first-order valence-corrected chi connectivity index (χ1v) is 9.32. The molecule has 0 aliphatic heterocycles. The molecule has 0 unspecified atom stereocenters. The third-order valence-electron chi connectivity index (χ3n) is 3.37. The Morgan fingerprint density at radius 1 is 0.962 bits per heavy atom. The van der Waals surface area contributed by atoms with Crippen LogP contribution in [0.2, 0.25) is 0 Å². The molecule has 0 atom stereocenters. The predicted molar refractivity (Wildman–Crippen MR) is 96.4 cm³/mol. The molecule has 0 fully saturated rings. The Balaban J connectivity index is 2.24. The van der Waals surface area contributed by atoms with Gasteiger partial charge in [-0.1, -0.05) is 6.07 Å². The highest BCUT2D eigenvalue weighted by atomic mass is 32.2. The van der Waals surface area contributed by atoms with Crippen LogP contribution in [0.3, 0.4) is 0 Å². The van der Waals surface area contributed by atoms with Gasteiger partial charge in [-0.25, -0.2) is 17.9 Å². The number of hydrogen-bond acceptors (Lipinski definition) is 6. The number of ether oxygens (including phenoxy) is 3. The second-order valence-corrected chi connectivity index (χ2v) is 7.40.